The molecule has 1 amide bonds. The van der Waals surface area contributed by atoms with E-state index in [0.29, 0.717) is 30.3 Å². The third-order valence-electron chi connectivity index (χ3n) is 4.39. The molecule has 0 saturated heterocycles. The Morgan fingerprint density at radius 1 is 1.36 bits per heavy atom. The van der Waals surface area contributed by atoms with Gasteiger partial charge in [0.05, 0.1) is 16.6 Å². The summed E-state index contributed by atoms with van der Waals surface area (Å²) in [5, 5.41) is 7.98. The molecule has 0 radical (unpaired) electrons. The maximum Gasteiger partial charge on any atom is 0.259 e. The summed E-state index contributed by atoms with van der Waals surface area (Å²) >= 11 is 0. The van der Waals surface area contributed by atoms with Crippen molar-refractivity contribution in [2.45, 2.75) is 58.8 Å². The first-order valence-electron chi connectivity index (χ1n) is 9.16. The zero-order valence-electron chi connectivity index (χ0n) is 15.4. The molecule has 2 aromatic heterocycles. The Hall–Kier alpha value is -1.95. The molecule has 3 rings (SSSR count). The van der Waals surface area contributed by atoms with Gasteiger partial charge < -0.3 is 15.6 Å². The fourth-order valence-electron chi connectivity index (χ4n) is 2.99. The maximum absolute atomic E-state index is 12.8. The van der Waals surface area contributed by atoms with Crippen LogP contribution in [0.25, 0.3) is 11.1 Å². The number of amides is 1. The van der Waals surface area contributed by atoms with Crippen molar-refractivity contribution in [3.8, 4) is 0 Å². The summed E-state index contributed by atoms with van der Waals surface area (Å²) in [6.45, 7) is 7.70. The molecule has 1 fully saturated rings. The Balaban J connectivity index is 1.94. The van der Waals surface area contributed by atoms with Crippen LogP contribution in [0.3, 0.4) is 0 Å². The van der Waals surface area contributed by atoms with E-state index in [2.05, 4.69) is 36.2 Å². The van der Waals surface area contributed by atoms with E-state index in [1.807, 2.05) is 6.07 Å². The molecule has 0 spiro atoms. The number of carbonyl (C=O) groups is 1. The summed E-state index contributed by atoms with van der Waals surface area (Å²) in [6.07, 6.45) is 4.77. The van der Waals surface area contributed by atoms with Crippen LogP contribution in [0.5, 0.6) is 0 Å². The van der Waals surface area contributed by atoms with Gasteiger partial charge in [0.1, 0.15) is 0 Å². The Bertz CT molecular complexity index is 757. The molecule has 0 bridgehead atoms. The van der Waals surface area contributed by atoms with Gasteiger partial charge in [-0.05, 0) is 50.1 Å². The van der Waals surface area contributed by atoms with Gasteiger partial charge in [0.2, 0.25) is 0 Å². The smallest absolute Gasteiger partial charge is 0.259 e. The van der Waals surface area contributed by atoms with Crippen LogP contribution in [0.1, 0.15) is 74.1 Å². The summed E-state index contributed by atoms with van der Waals surface area (Å²) in [7, 11) is 0. The van der Waals surface area contributed by atoms with Crippen LogP contribution in [-0.2, 0) is 6.42 Å². The van der Waals surface area contributed by atoms with E-state index in [0.717, 1.165) is 48.9 Å². The lowest BCUT2D eigenvalue weighted by Crippen LogP contribution is -2.25. The number of nitrogens with zero attached hydrogens (tertiary/aromatic N) is 2. The fourth-order valence-corrected chi connectivity index (χ4v) is 2.99. The topological polar surface area (TPSA) is 94.0 Å². The van der Waals surface area contributed by atoms with E-state index in [-0.39, 0.29) is 11.3 Å². The Morgan fingerprint density at radius 3 is 2.76 bits per heavy atom. The quantitative estimate of drug-likeness (QED) is 0.753. The van der Waals surface area contributed by atoms with Gasteiger partial charge in [0.15, 0.2) is 0 Å². The number of hydrogen-bond donors (Lipinski definition) is 2. The SMILES string of the molecule is CC(C)(C)Cc1noc2nc(C3CC3)cc(C(=O)NCCCCN)c12. The molecule has 0 atom stereocenters. The molecule has 136 valence electrons. The third kappa shape index (κ3) is 4.37. The fraction of sp³-hybridized carbons (Fsp3) is 0.632. The first kappa shape index (κ1) is 17.9. The van der Waals surface area contributed by atoms with E-state index in [1.165, 1.54) is 0 Å². The van der Waals surface area contributed by atoms with E-state index >= 15 is 0 Å². The molecule has 6 heteroatoms. The number of nitrogens with one attached hydrogen (secondary N) is 1. The number of unbranched alkanes of at least 4 members (excludes halogenated alkanes) is 1. The first-order valence-corrected chi connectivity index (χ1v) is 9.16. The van der Waals surface area contributed by atoms with Gasteiger partial charge in [-0.15, -0.1) is 0 Å². The van der Waals surface area contributed by atoms with Crippen LogP contribution >= 0.6 is 0 Å². The number of aromatic nitrogens is 2. The lowest BCUT2D eigenvalue weighted by molar-refractivity contribution is 0.0954. The standard InChI is InChI=1S/C19H28N4O2/c1-19(2,3)11-15-16-13(17(24)21-9-5-4-8-20)10-14(12-6-7-12)22-18(16)25-23-15/h10,12H,4-9,11,20H2,1-3H3,(H,21,24). The Labute approximate surface area is 148 Å². The number of pyridine rings is 1. The molecule has 3 N–H and O–H groups in total. The van der Waals surface area contributed by atoms with Crippen molar-refractivity contribution in [2.24, 2.45) is 11.1 Å². The normalized spacial score (nSPS) is 14.9. The van der Waals surface area contributed by atoms with Crippen LogP contribution in [0.15, 0.2) is 10.6 Å². The molecule has 25 heavy (non-hydrogen) atoms. The van der Waals surface area contributed by atoms with Gasteiger partial charge in [-0.1, -0.05) is 25.9 Å². The highest BCUT2D eigenvalue weighted by Crippen LogP contribution is 2.40. The first-order chi connectivity index (χ1) is 11.9. The second-order valence-corrected chi connectivity index (χ2v) is 8.17. The highest BCUT2D eigenvalue weighted by Gasteiger charge is 2.29. The van der Waals surface area contributed by atoms with Crippen molar-refractivity contribution in [3.05, 3.63) is 23.0 Å². The van der Waals surface area contributed by atoms with Gasteiger partial charge in [-0.3, -0.25) is 4.79 Å². The molecule has 1 aliphatic rings. The number of nitrogens with two attached hydrogens (primary N) is 1. The summed E-state index contributed by atoms with van der Waals surface area (Å²) in [6, 6.07) is 1.93. The molecule has 0 unspecified atom stereocenters. The van der Waals surface area contributed by atoms with Crippen molar-refractivity contribution in [3.63, 3.8) is 0 Å². The van der Waals surface area contributed by atoms with Crippen molar-refractivity contribution in [1.82, 2.24) is 15.5 Å². The minimum Gasteiger partial charge on any atom is -0.352 e. The molecule has 1 aliphatic carbocycles. The Kier molecular flexibility index (Phi) is 5.08. The van der Waals surface area contributed by atoms with Crippen LogP contribution in [0, 0.1) is 5.41 Å². The van der Waals surface area contributed by atoms with Gasteiger partial charge in [0, 0.05) is 18.2 Å². The largest absolute Gasteiger partial charge is 0.352 e. The van der Waals surface area contributed by atoms with Gasteiger partial charge >= 0.3 is 0 Å². The number of rotatable bonds is 7. The van der Waals surface area contributed by atoms with Crippen molar-refractivity contribution in [2.75, 3.05) is 13.1 Å². The lowest BCUT2D eigenvalue weighted by atomic mass is 9.89. The highest BCUT2D eigenvalue weighted by molar-refractivity contribution is 6.06. The van der Waals surface area contributed by atoms with Crippen molar-refractivity contribution < 1.29 is 9.32 Å². The second kappa shape index (κ2) is 7.12. The molecule has 6 nitrogen and oxygen atoms in total. The van der Waals surface area contributed by atoms with Gasteiger partial charge in [0.25, 0.3) is 11.6 Å². The van der Waals surface area contributed by atoms with E-state index < -0.39 is 0 Å². The molecular weight excluding hydrogens is 316 g/mol. The zero-order valence-corrected chi connectivity index (χ0v) is 15.4. The molecule has 0 aromatic carbocycles. The second-order valence-electron chi connectivity index (χ2n) is 8.17. The minimum atomic E-state index is -0.0790. The average Bonchev–Trinajstić information content (AvgIpc) is 3.32. The number of hydrogen-bond acceptors (Lipinski definition) is 5. The predicted molar refractivity (Wildman–Crippen MR) is 97.6 cm³/mol. The molecule has 0 aliphatic heterocycles. The minimum absolute atomic E-state index is 0.0494. The van der Waals surface area contributed by atoms with Crippen molar-refractivity contribution >= 4 is 17.0 Å². The summed E-state index contributed by atoms with van der Waals surface area (Å²) < 4.78 is 5.49. The number of fused-ring (bicyclic) bond motifs is 1. The molecule has 2 aromatic rings. The molecule has 2 heterocycles. The monoisotopic (exact) mass is 344 g/mol. The summed E-state index contributed by atoms with van der Waals surface area (Å²) in [4.78, 5) is 17.4. The van der Waals surface area contributed by atoms with Crippen LogP contribution in [0.4, 0.5) is 0 Å². The average molecular weight is 344 g/mol. The van der Waals surface area contributed by atoms with E-state index in [9.17, 15) is 4.79 Å². The van der Waals surface area contributed by atoms with E-state index in [1.54, 1.807) is 0 Å². The van der Waals surface area contributed by atoms with Crippen LogP contribution in [-0.4, -0.2) is 29.1 Å². The number of carbonyl (C=O) groups excluding carboxylic acids is 1. The molecule has 1 saturated carbocycles. The lowest BCUT2D eigenvalue weighted by Gasteiger charge is -2.16. The zero-order chi connectivity index (χ0) is 18.0. The third-order valence-corrected chi connectivity index (χ3v) is 4.39. The summed E-state index contributed by atoms with van der Waals surface area (Å²) in [5.41, 5.74) is 8.44. The predicted octanol–water partition coefficient (Wildman–Crippen LogP) is 3.16. The van der Waals surface area contributed by atoms with Gasteiger partial charge in [-0.2, -0.15) is 0 Å². The molecular formula is C19H28N4O2. The van der Waals surface area contributed by atoms with Crippen LogP contribution in [0.2, 0.25) is 0 Å². The van der Waals surface area contributed by atoms with Crippen molar-refractivity contribution in [1.29, 1.82) is 0 Å². The maximum atomic E-state index is 12.8. The van der Waals surface area contributed by atoms with Gasteiger partial charge in [-0.25, -0.2) is 4.98 Å². The van der Waals surface area contributed by atoms with Crippen LogP contribution < -0.4 is 11.1 Å². The van der Waals surface area contributed by atoms with E-state index in [4.69, 9.17) is 10.3 Å². The Morgan fingerprint density at radius 2 is 2.12 bits per heavy atom. The highest BCUT2D eigenvalue weighted by atomic mass is 16.5. The summed E-state index contributed by atoms with van der Waals surface area (Å²) in [5.74, 6) is 0.369.